The smallest absolute Gasteiger partial charge is 0.253 e. The number of aromatic nitrogens is 1. The molecule has 0 spiro atoms. The lowest BCUT2D eigenvalue weighted by Crippen LogP contribution is -2.26. The molecule has 0 aliphatic rings. The molecule has 27 heavy (non-hydrogen) atoms. The lowest BCUT2D eigenvalue weighted by Gasteiger charge is -2.17. The van der Waals surface area contributed by atoms with Gasteiger partial charge in [0.15, 0.2) is 0 Å². The summed E-state index contributed by atoms with van der Waals surface area (Å²) in [4.78, 5) is 30.6. The summed E-state index contributed by atoms with van der Waals surface area (Å²) in [5, 5.41) is 2.82. The molecule has 5 heteroatoms. The highest BCUT2D eigenvalue weighted by Gasteiger charge is 2.13. The zero-order valence-corrected chi connectivity index (χ0v) is 15.1. The summed E-state index contributed by atoms with van der Waals surface area (Å²) < 4.78 is 0. The monoisotopic (exact) mass is 359 g/mol. The van der Waals surface area contributed by atoms with E-state index in [2.05, 4.69) is 10.3 Å². The molecule has 0 aliphatic carbocycles. The summed E-state index contributed by atoms with van der Waals surface area (Å²) in [6.45, 7) is 0.895. The summed E-state index contributed by atoms with van der Waals surface area (Å²) >= 11 is 0. The highest BCUT2D eigenvalue weighted by molar-refractivity contribution is 5.97. The van der Waals surface area contributed by atoms with Crippen LogP contribution < -0.4 is 5.32 Å². The number of nitrogens with one attached hydrogen (secondary N) is 1. The Kier molecular flexibility index (Phi) is 5.94. The fraction of sp³-hybridized carbons (Fsp3) is 0.136. The maximum atomic E-state index is 12.6. The second-order valence-electron chi connectivity index (χ2n) is 6.23. The van der Waals surface area contributed by atoms with Gasteiger partial charge >= 0.3 is 0 Å². The number of carbonyl (C=O) groups is 2. The molecule has 0 atom stereocenters. The Morgan fingerprint density at radius 3 is 2.22 bits per heavy atom. The molecule has 0 saturated carbocycles. The first-order chi connectivity index (χ1) is 13.1. The third-order valence-electron chi connectivity index (χ3n) is 4.16. The molecule has 1 aromatic heterocycles. The number of hydrogen-bond acceptors (Lipinski definition) is 3. The summed E-state index contributed by atoms with van der Waals surface area (Å²) in [5.74, 6) is -0.281. The third kappa shape index (κ3) is 5.01. The van der Waals surface area contributed by atoms with Crippen LogP contribution in [-0.4, -0.2) is 28.7 Å². The Bertz CT molecular complexity index is 894. The first-order valence-electron chi connectivity index (χ1n) is 8.71. The van der Waals surface area contributed by atoms with Crippen LogP contribution in [0.3, 0.4) is 0 Å². The normalized spacial score (nSPS) is 10.3. The molecular weight excluding hydrogens is 338 g/mol. The number of hydrogen-bond donors (Lipinski definition) is 1. The summed E-state index contributed by atoms with van der Waals surface area (Å²) in [6, 6.07) is 22.1. The van der Waals surface area contributed by atoms with E-state index < -0.39 is 0 Å². The van der Waals surface area contributed by atoms with Crippen molar-refractivity contribution in [3.63, 3.8) is 0 Å². The largest absolute Gasteiger partial charge is 0.346 e. The molecule has 0 bridgehead atoms. The van der Waals surface area contributed by atoms with Crippen LogP contribution in [0, 0.1) is 0 Å². The second kappa shape index (κ2) is 8.76. The standard InChI is InChI=1S/C22H21N3O2/c1-25(16-17-7-3-2-4-8-17)22(27)19-12-10-18(11-13-19)21(26)24-15-20-9-5-6-14-23-20/h2-14H,15-16H2,1H3,(H,24,26). The summed E-state index contributed by atoms with van der Waals surface area (Å²) in [6.07, 6.45) is 1.69. The van der Waals surface area contributed by atoms with Gasteiger partial charge in [-0.3, -0.25) is 14.6 Å². The number of nitrogens with zero attached hydrogens (tertiary/aromatic N) is 2. The fourth-order valence-electron chi connectivity index (χ4n) is 2.69. The van der Waals surface area contributed by atoms with Crippen LogP contribution in [0.5, 0.6) is 0 Å². The highest BCUT2D eigenvalue weighted by atomic mass is 16.2. The van der Waals surface area contributed by atoms with Crippen LogP contribution in [0.1, 0.15) is 32.0 Å². The molecule has 3 rings (SSSR count). The van der Waals surface area contributed by atoms with Crippen molar-refractivity contribution in [3.05, 3.63) is 101 Å². The lowest BCUT2D eigenvalue weighted by molar-refractivity contribution is 0.0784. The average molecular weight is 359 g/mol. The number of carbonyl (C=O) groups excluding carboxylic acids is 2. The molecule has 2 aromatic carbocycles. The van der Waals surface area contributed by atoms with Crippen molar-refractivity contribution in [1.29, 1.82) is 0 Å². The van der Waals surface area contributed by atoms with Crippen LogP contribution in [0.25, 0.3) is 0 Å². The number of amides is 2. The zero-order valence-electron chi connectivity index (χ0n) is 15.1. The molecule has 0 aliphatic heterocycles. The zero-order chi connectivity index (χ0) is 19.1. The molecular formula is C22H21N3O2. The number of rotatable bonds is 6. The van der Waals surface area contributed by atoms with Gasteiger partial charge in [0.2, 0.25) is 0 Å². The molecule has 2 amide bonds. The van der Waals surface area contributed by atoms with Gasteiger partial charge in [0.1, 0.15) is 0 Å². The van der Waals surface area contributed by atoms with Gasteiger partial charge in [0, 0.05) is 30.9 Å². The van der Waals surface area contributed by atoms with E-state index in [1.807, 2.05) is 48.5 Å². The van der Waals surface area contributed by atoms with Gasteiger partial charge < -0.3 is 10.2 Å². The van der Waals surface area contributed by atoms with E-state index in [4.69, 9.17) is 0 Å². The van der Waals surface area contributed by atoms with Crippen LogP contribution >= 0.6 is 0 Å². The number of benzene rings is 2. The topological polar surface area (TPSA) is 62.3 Å². The van der Waals surface area contributed by atoms with Crippen LogP contribution in [0.15, 0.2) is 79.0 Å². The van der Waals surface area contributed by atoms with E-state index >= 15 is 0 Å². The minimum absolute atomic E-state index is 0.0840. The molecule has 1 N–H and O–H groups in total. The summed E-state index contributed by atoms with van der Waals surface area (Å²) in [7, 11) is 1.77. The molecule has 1 heterocycles. The average Bonchev–Trinajstić information content (AvgIpc) is 2.73. The van der Waals surface area contributed by atoms with E-state index in [1.54, 1.807) is 42.4 Å². The van der Waals surface area contributed by atoms with Gasteiger partial charge in [-0.2, -0.15) is 0 Å². The van der Waals surface area contributed by atoms with Crippen molar-refractivity contribution in [2.24, 2.45) is 0 Å². The Morgan fingerprint density at radius 1 is 0.889 bits per heavy atom. The molecule has 5 nitrogen and oxygen atoms in total. The Morgan fingerprint density at radius 2 is 1.56 bits per heavy atom. The Balaban J connectivity index is 1.58. The van der Waals surface area contributed by atoms with Crippen LogP contribution in [-0.2, 0) is 13.1 Å². The van der Waals surface area contributed by atoms with Crippen molar-refractivity contribution in [1.82, 2.24) is 15.2 Å². The molecule has 0 saturated heterocycles. The maximum absolute atomic E-state index is 12.6. The second-order valence-corrected chi connectivity index (χ2v) is 6.23. The molecule has 3 aromatic rings. The van der Waals surface area contributed by atoms with E-state index in [-0.39, 0.29) is 11.8 Å². The fourth-order valence-corrected chi connectivity index (χ4v) is 2.69. The van der Waals surface area contributed by atoms with Crippen molar-refractivity contribution in [2.45, 2.75) is 13.1 Å². The van der Waals surface area contributed by atoms with Crippen LogP contribution in [0.2, 0.25) is 0 Å². The lowest BCUT2D eigenvalue weighted by atomic mass is 10.1. The predicted octanol–water partition coefficient (Wildman–Crippen LogP) is 3.28. The Hall–Kier alpha value is -3.47. The highest BCUT2D eigenvalue weighted by Crippen LogP contribution is 2.10. The number of pyridine rings is 1. The van der Waals surface area contributed by atoms with E-state index in [0.717, 1.165) is 11.3 Å². The van der Waals surface area contributed by atoms with Gasteiger partial charge in [-0.25, -0.2) is 0 Å². The molecule has 0 unspecified atom stereocenters. The van der Waals surface area contributed by atoms with Crippen molar-refractivity contribution >= 4 is 11.8 Å². The van der Waals surface area contributed by atoms with E-state index in [1.165, 1.54) is 0 Å². The predicted molar refractivity (Wildman–Crippen MR) is 104 cm³/mol. The van der Waals surface area contributed by atoms with E-state index in [9.17, 15) is 9.59 Å². The van der Waals surface area contributed by atoms with Gasteiger partial charge in [0.05, 0.1) is 12.2 Å². The first-order valence-corrected chi connectivity index (χ1v) is 8.71. The minimum atomic E-state index is -0.197. The first kappa shape index (κ1) is 18.3. The minimum Gasteiger partial charge on any atom is -0.346 e. The van der Waals surface area contributed by atoms with Crippen molar-refractivity contribution < 1.29 is 9.59 Å². The van der Waals surface area contributed by atoms with Crippen molar-refractivity contribution in [2.75, 3.05) is 7.05 Å². The van der Waals surface area contributed by atoms with E-state index in [0.29, 0.717) is 24.2 Å². The van der Waals surface area contributed by atoms with Crippen LogP contribution in [0.4, 0.5) is 0 Å². The maximum Gasteiger partial charge on any atom is 0.253 e. The summed E-state index contributed by atoms with van der Waals surface area (Å²) in [5.41, 5.74) is 2.92. The Labute approximate surface area is 158 Å². The quantitative estimate of drug-likeness (QED) is 0.735. The third-order valence-corrected chi connectivity index (χ3v) is 4.16. The van der Waals surface area contributed by atoms with Gasteiger partial charge in [-0.15, -0.1) is 0 Å². The molecule has 0 fully saturated rings. The van der Waals surface area contributed by atoms with Crippen molar-refractivity contribution in [3.8, 4) is 0 Å². The van der Waals surface area contributed by atoms with Gasteiger partial charge in [-0.05, 0) is 42.0 Å². The molecule has 136 valence electrons. The van der Waals surface area contributed by atoms with Gasteiger partial charge in [0.25, 0.3) is 11.8 Å². The molecule has 0 radical (unpaired) electrons. The SMILES string of the molecule is CN(Cc1ccccc1)C(=O)c1ccc(C(=O)NCc2ccccn2)cc1. The van der Waals surface area contributed by atoms with Gasteiger partial charge in [-0.1, -0.05) is 36.4 Å².